The van der Waals surface area contributed by atoms with E-state index in [0.29, 0.717) is 16.8 Å². The summed E-state index contributed by atoms with van der Waals surface area (Å²) in [6.45, 7) is 3.16. The topological polar surface area (TPSA) is 161 Å². The largest absolute Gasteiger partial charge is 0.465 e. The first-order chi connectivity index (χ1) is 13.2. The van der Waals surface area contributed by atoms with E-state index in [9.17, 15) is 20.2 Å². The summed E-state index contributed by atoms with van der Waals surface area (Å²) in [5, 5.41) is 28.6. The molecule has 0 fully saturated rings. The monoisotopic (exact) mass is 381 g/mol. The number of pyridine rings is 1. The van der Waals surface area contributed by atoms with Crippen LogP contribution in [0.3, 0.4) is 0 Å². The second-order valence-corrected chi connectivity index (χ2v) is 6.00. The second-order valence-electron chi connectivity index (χ2n) is 6.00. The van der Waals surface area contributed by atoms with E-state index < -0.39 is 16.8 Å². The van der Waals surface area contributed by atoms with E-state index in [4.69, 9.17) is 20.3 Å². The van der Waals surface area contributed by atoms with Crippen LogP contribution in [0.15, 0.2) is 22.6 Å². The van der Waals surface area contributed by atoms with Crippen LogP contribution >= 0.6 is 0 Å². The number of rotatable bonds is 4. The number of fused-ring (bicyclic) bond motifs is 1. The van der Waals surface area contributed by atoms with Crippen molar-refractivity contribution in [3.63, 3.8) is 0 Å². The third-order valence-electron chi connectivity index (χ3n) is 4.42. The van der Waals surface area contributed by atoms with Gasteiger partial charge in [-0.3, -0.25) is 14.5 Å². The Kier molecular flexibility index (Phi) is 4.36. The van der Waals surface area contributed by atoms with Crippen molar-refractivity contribution >= 4 is 28.9 Å². The van der Waals surface area contributed by atoms with Gasteiger partial charge in [-0.05, 0) is 26.0 Å². The molecule has 0 aliphatic heterocycles. The molecule has 0 saturated heterocycles. The number of carbonyl (C=O) groups is 1. The van der Waals surface area contributed by atoms with Crippen molar-refractivity contribution in [2.24, 2.45) is 0 Å². The number of aryl methyl sites for hydroxylation is 1. The molecule has 3 rings (SSSR count). The lowest BCUT2D eigenvalue weighted by Crippen LogP contribution is -2.11. The average Bonchev–Trinajstić information content (AvgIpc) is 3.26. The number of anilines is 1. The number of furan rings is 1. The maximum absolute atomic E-state index is 12.6. The SMILES string of the molecule is COC(=O)c1c(-c2ccc([N+](=O)[O-])o2)c(C#N)c(C)n2c(N)c(C(C)=N)cc12. The van der Waals surface area contributed by atoms with E-state index in [1.165, 1.54) is 17.6 Å². The summed E-state index contributed by atoms with van der Waals surface area (Å²) in [4.78, 5) is 22.9. The summed E-state index contributed by atoms with van der Waals surface area (Å²) >= 11 is 0. The van der Waals surface area contributed by atoms with Crippen molar-refractivity contribution in [1.29, 1.82) is 10.7 Å². The zero-order chi connectivity index (χ0) is 20.7. The van der Waals surface area contributed by atoms with Gasteiger partial charge in [0.2, 0.25) is 0 Å². The van der Waals surface area contributed by atoms with Crippen molar-refractivity contribution in [2.45, 2.75) is 13.8 Å². The quantitative estimate of drug-likeness (QED) is 0.304. The molecule has 0 aliphatic rings. The fraction of sp³-hybridized carbons (Fsp3) is 0.167. The summed E-state index contributed by atoms with van der Waals surface area (Å²) in [6, 6.07) is 6.00. The molecule has 0 amide bonds. The Bertz CT molecular complexity index is 1210. The van der Waals surface area contributed by atoms with Crippen molar-refractivity contribution in [2.75, 3.05) is 12.8 Å². The van der Waals surface area contributed by atoms with Crippen LogP contribution in [0.25, 0.3) is 16.8 Å². The number of ether oxygens (including phenoxy) is 1. The molecule has 0 unspecified atom stereocenters. The minimum atomic E-state index is -0.776. The van der Waals surface area contributed by atoms with Crippen LogP contribution in [0.4, 0.5) is 11.7 Å². The van der Waals surface area contributed by atoms with Gasteiger partial charge >= 0.3 is 11.9 Å². The molecule has 10 nitrogen and oxygen atoms in total. The number of aromatic nitrogens is 1. The highest BCUT2D eigenvalue weighted by Crippen LogP contribution is 2.38. The van der Waals surface area contributed by atoms with Gasteiger partial charge in [-0.25, -0.2) is 4.79 Å². The molecule has 0 aromatic carbocycles. The number of hydrogen-bond acceptors (Lipinski definition) is 8. The molecule has 3 aromatic rings. The van der Waals surface area contributed by atoms with Crippen molar-refractivity contribution < 1.29 is 18.9 Å². The van der Waals surface area contributed by atoms with Crippen LogP contribution in [0.5, 0.6) is 0 Å². The molecule has 3 aromatic heterocycles. The predicted octanol–water partition coefficient (Wildman–Crippen LogP) is 3.04. The fourth-order valence-corrected chi connectivity index (χ4v) is 3.17. The van der Waals surface area contributed by atoms with Gasteiger partial charge in [0.05, 0.1) is 35.4 Å². The van der Waals surface area contributed by atoms with Gasteiger partial charge < -0.3 is 20.3 Å². The highest BCUT2D eigenvalue weighted by molar-refractivity contribution is 6.09. The molecule has 3 heterocycles. The molecule has 3 N–H and O–H groups in total. The Balaban J connectivity index is 2.55. The Labute approximate surface area is 158 Å². The van der Waals surface area contributed by atoms with Crippen molar-refractivity contribution in [1.82, 2.24) is 4.40 Å². The highest BCUT2D eigenvalue weighted by atomic mass is 16.6. The van der Waals surface area contributed by atoms with Crippen LogP contribution in [0.2, 0.25) is 0 Å². The Morgan fingerprint density at radius 3 is 2.64 bits per heavy atom. The first-order valence-electron chi connectivity index (χ1n) is 7.98. The van der Waals surface area contributed by atoms with E-state index in [0.717, 1.165) is 6.07 Å². The van der Waals surface area contributed by atoms with Gasteiger partial charge in [-0.2, -0.15) is 5.26 Å². The fourth-order valence-electron chi connectivity index (χ4n) is 3.17. The third-order valence-corrected chi connectivity index (χ3v) is 4.42. The van der Waals surface area contributed by atoms with Crippen LogP contribution in [-0.2, 0) is 4.74 Å². The van der Waals surface area contributed by atoms with Crippen LogP contribution in [-0.4, -0.2) is 28.1 Å². The first-order valence-corrected chi connectivity index (χ1v) is 7.98. The van der Waals surface area contributed by atoms with E-state index >= 15 is 0 Å². The average molecular weight is 381 g/mol. The zero-order valence-electron chi connectivity index (χ0n) is 15.2. The third kappa shape index (κ3) is 2.57. The van der Waals surface area contributed by atoms with Gasteiger partial charge in [-0.1, -0.05) is 0 Å². The molecule has 142 valence electrons. The number of nitrogens with two attached hydrogens (primary N) is 1. The molecule has 0 aliphatic carbocycles. The smallest absolute Gasteiger partial charge is 0.433 e. The second kappa shape index (κ2) is 6.55. The molecule has 0 spiro atoms. The number of esters is 1. The molecular formula is C18H15N5O5. The molecule has 10 heteroatoms. The lowest BCUT2D eigenvalue weighted by Gasteiger charge is -2.14. The molecule has 0 radical (unpaired) electrons. The Morgan fingerprint density at radius 2 is 2.14 bits per heavy atom. The summed E-state index contributed by atoms with van der Waals surface area (Å²) < 4.78 is 11.6. The van der Waals surface area contributed by atoms with E-state index in [1.54, 1.807) is 19.9 Å². The maximum atomic E-state index is 12.6. The number of nitrogens with zero attached hydrogens (tertiary/aromatic N) is 3. The van der Waals surface area contributed by atoms with Gasteiger partial charge in [0, 0.05) is 17.0 Å². The number of nitrogen functional groups attached to an aromatic ring is 1. The highest BCUT2D eigenvalue weighted by Gasteiger charge is 2.29. The molecule has 0 bridgehead atoms. The molecule has 28 heavy (non-hydrogen) atoms. The predicted molar refractivity (Wildman–Crippen MR) is 99.5 cm³/mol. The molecular weight excluding hydrogens is 366 g/mol. The number of nitrogens with one attached hydrogen (secondary N) is 1. The minimum absolute atomic E-state index is 0.0258. The number of hydrogen-bond donors (Lipinski definition) is 2. The first kappa shape index (κ1) is 18.7. The lowest BCUT2D eigenvalue weighted by atomic mass is 9.98. The number of methoxy groups -OCH3 is 1. The maximum Gasteiger partial charge on any atom is 0.433 e. The van der Waals surface area contributed by atoms with Crippen molar-refractivity contribution in [3.8, 4) is 17.4 Å². The van der Waals surface area contributed by atoms with Gasteiger partial charge in [-0.15, -0.1) is 0 Å². The standard InChI is InChI=1S/C18H15N5O5/c1-8(20)10-6-12-16(18(24)27-3)15(13-4-5-14(28-13)23(25)26)11(7-19)9(2)22(12)17(10)21/h4-6,20H,21H2,1-3H3. The summed E-state index contributed by atoms with van der Waals surface area (Å²) in [7, 11) is 1.17. The van der Waals surface area contributed by atoms with Gasteiger partial charge in [0.25, 0.3) is 0 Å². The van der Waals surface area contributed by atoms with Crippen molar-refractivity contribution in [3.05, 3.63) is 50.7 Å². The minimum Gasteiger partial charge on any atom is -0.465 e. The molecule has 0 saturated carbocycles. The van der Waals surface area contributed by atoms with E-state index in [2.05, 4.69) is 0 Å². The van der Waals surface area contributed by atoms with E-state index in [1.807, 2.05) is 6.07 Å². The number of carbonyl (C=O) groups excluding carboxylic acids is 1. The van der Waals surface area contributed by atoms with Crippen LogP contribution in [0.1, 0.15) is 34.1 Å². The Hall–Kier alpha value is -4.13. The zero-order valence-corrected chi connectivity index (χ0v) is 15.2. The number of nitro groups is 1. The summed E-state index contributed by atoms with van der Waals surface area (Å²) in [5.74, 6) is -1.14. The van der Waals surface area contributed by atoms with Gasteiger partial charge in [0.1, 0.15) is 22.6 Å². The Morgan fingerprint density at radius 1 is 1.46 bits per heavy atom. The normalized spacial score (nSPS) is 10.6. The van der Waals surface area contributed by atoms with E-state index in [-0.39, 0.29) is 34.0 Å². The van der Waals surface area contributed by atoms with Crippen LogP contribution < -0.4 is 5.73 Å². The summed E-state index contributed by atoms with van der Waals surface area (Å²) in [6.07, 6.45) is 0. The van der Waals surface area contributed by atoms with Gasteiger partial charge in [0.15, 0.2) is 0 Å². The molecule has 0 atom stereocenters. The lowest BCUT2D eigenvalue weighted by molar-refractivity contribution is -0.401. The number of nitriles is 1. The summed E-state index contributed by atoms with van der Waals surface area (Å²) in [5.41, 5.74) is 7.49. The van der Waals surface area contributed by atoms with Crippen LogP contribution in [0, 0.1) is 33.8 Å².